The van der Waals surface area contributed by atoms with Gasteiger partial charge in [-0.1, -0.05) is 54.6 Å². The summed E-state index contributed by atoms with van der Waals surface area (Å²) in [6, 6.07) is 9.79. The lowest BCUT2D eigenvalue weighted by Gasteiger charge is -2.36. The number of likely N-dealkylation sites (tertiary alicyclic amines) is 1. The highest BCUT2D eigenvalue weighted by atomic mass is 16.6. The van der Waals surface area contributed by atoms with E-state index >= 15 is 0 Å². The molecule has 1 aliphatic carbocycles. The van der Waals surface area contributed by atoms with E-state index in [1.54, 1.807) is 0 Å². The summed E-state index contributed by atoms with van der Waals surface area (Å²) in [4.78, 5) is 13.9. The van der Waals surface area contributed by atoms with Gasteiger partial charge >= 0.3 is 6.09 Å². The lowest BCUT2D eigenvalue weighted by Crippen LogP contribution is -2.41. The van der Waals surface area contributed by atoms with E-state index in [1.165, 1.54) is 0 Å². The van der Waals surface area contributed by atoms with Gasteiger partial charge in [0.05, 0.1) is 0 Å². The first-order chi connectivity index (χ1) is 9.77. The summed E-state index contributed by atoms with van der Waals surface area (Å²) >= 11 is 0. The Morgan fingerprint density at radius 3 is 2.40 bits per heavy atom. The van der Waals surface area contributed by atoms with Crippen LogP contribution < -0.4 is 0 Å². The van der Waals surface area contributed by atoms with Crippen LogP contribution in [0.25, 0.3) is 0 Å². The van der Waals surface area contributed by atoms with Gasteiger partial charge in [-0.3, -0.25) is 0 Å². The lowest BCUT2D eigenvalue weighted by molar-refractivity contribution is 0.0793. The maximum atomic E-state index is 12.0. The summed E-state index contributed by atoms with van der Waals surface area (Å²) in [6.45, 7) is 1.88. The van der Waals surface area contributed by atoms with Crippen LogP contribution >= 0.6 is 0 Å². The molecule has 2 aliphatic rings. The Morgan fingerprint density at radius 2 is 1.75 bits per heavy atom. The van der Waals surface area contributed by atoms with E-state index in [1.807, 2.05) is 35.2 Å². The summed E-state index contributed by atoms with van der Waals surface area (Å²) in [5.74, 6) is 0. The highest BCUT2D eigenvalue weighted by Gasteiger charge is 2.33. The minimum Gasteiger partial charge on any atom is -0.445 e. The van der Waals surface area contributed by atoms with Gasteiger partial charge in [0.1, 0.15) is 6.61 Å². The summed E-state index contributed by atoms with van der Waals surface area (Å²) in [5.41, 5.74) is 1.21. The number of piperidine rings is 1. The molecule has 1 aliphatic heterocycles. The van der Waals surface area contributed by atoms with Gasteiger partial charge < -0.3 is 9.64 Å². The van der Waals surface area contributed by atoms with Crippen molar-refractivity contribution in [2.75, 3.05) is 13.1 Å². The topological polar surface area (TPSA) is 29.5 Å². The first-order valence-electron chi connectivity index (χ1n) is 7.10. The third-order valence-electron chi connectivity index (χ3n) is 4.13. The molecule has 0 aromatic heterocycles. The normalized spacial score (nSPS) is 19.5. The maximum Gasteiger partial charge on any atom is 0.410 e. The van der Waals surface area contributed by atoms with Gasteiger partial charge in [-0.25, -0.2) is 4.79 Å². The second kappa shape index (κ2) is 5.53. The molecule has 0 bridgehead atoms. The first kappa shape index (κ1) is 13.0. The number of rotatable bonds is 2. The standard InChI is InChI=1S/C17H19NO2/c19-16(20-14-15-6-2-1-3-7-15)18-12-10-17(11-13-18)8-4-5-9-17/h1-9H,10-14H2. The van der Waals surface area contributed by atoms with Crippen molar-refractivity contribution in [3.05, 3.63) is 60.2 Å². The number of ether oxygens (including phenoxy) is 1. The van der Waals surface area contributed by atoms with E-state index in [2.05, 4.69) is 24.3 Å². The van der Waals surface area contributed by atoms with E-state index in [-0.39, 0.29) is 11.5 Å². The quantitative estimate of drug-likeness (QED) is 0.822. The van der Waals surface area contributed by atoms with Crippen LogP contribution in [0.3, 0.4) is 0 Å². The third-order valence-corrected chi connectivity index (χ3v) is 4.13. The largest absolute Gasteiger partial charge is 0.445 e. The summed E-state index contributed by atoms with van der Waals surface area (Å²) < 4.78 is 5.37. The molecule has 0 atom stereocenters. The molecule has 3 nitrogen and oxygen atoms in total. The zero-order valence-electron chi connectivity index (χ0n) is 11.5. The molecule has 0 saturated carbocycles. The molecule has 1 fully saturated rings. The van der Waals surface area contributed by atoms with E-state index in [9.17, 15) is 4.79 Å². The van der Waals surface area contributed by atoms with Gasteiger partial charge in [-0.2, -0.15) is 0 Å². The molecule has 0 unspecified atom stereocenters. The molecular weight excluding hydrogens is 250 g/mol. The fourth-order valence-corrected chi connectivity index (χ4v) is 2.80. The Morgan fingerprint density at radius 1 is 1.10 bits per heavy atom. The van der Waals surface area contributed by atoms with E-state index in [0.29, 0.717) is 6.61 Å². The Balaban J connectivity index is 1.49. The van der Waals surface area contributed by atoms with Crippen LogP contribution in [0.5, 0.6) is 0 Å². The molecule has 104 valence electrons. The number of amides is 1. The molecule has 0 radical (unpaired) electrons. The molecule has 1 heterocycles. The molecule has 1 amide bonds. The molecule has 1 aromatic carbocycles. The van der Waals surface area contributed by atoms with Crippen LogP contribution in [-0.4, -0.2) is 24.1 Å². The second-order valence-electron chi connectivity index (χ2n) is 5.48. The lowest BCUT2D eigenvalue weighted by atomic mass is 9.80. The minimum absolute atomic E-state index is 0.191. The third kappa shape index (κ3) is 2.77. The number of hydrogen-bond donors (Lipinski definition) is 0. The van der Waals surface area contributed by atoms with Crippen molar-refractivity contribution in [2.45, 2.75) is 19.4 Å². The fourth-order valence-electron chi connectivity index (χ4n) is 2.80. The van der Waals surface area contributed by atoms with Gasteiger partial charge in [-0.15, -0.1) is 0 Å². The summed E-state index contributed by atoms with van der Waals surface area (Å²) in [6.07, 6.45) is 10.5. The zero-order valence-corrected chi connectivity index (χ0v) is 11.5. The predicted molar refractivity (Wildman–Crippen MR) is 78.1 cm³/mol. The number of allylic oxidation sites excluding steroid dienone is 4. The van der Waals surface area contributed by atoms with Crippen LogP contribution in [-0.2, 0) is 11.3 Å². The van der Waals surface area contributed by atoms with Crippen LogP contribution in [0.4, 0.5) is 4.79 Å². The average Bonchev–Trinajstić information content (AvgIpc) is 2.95. The van der Waals surface area contributed by atoms with Crippen molar-refractivity contribution in [3.63, 3.8) is 0 Å². The SMILES string of the molecule is O=C(OCc1ccccc1)N1CCC2(C=CC=C2)CC1. The Kier molecular flexibility index (Phi) is 3.59. The fraction of sp³-hybridized carbons (Fsp3) is 0.353. The Hall–Kier alpha value is -2.03. The van der Waals surface area contributed by atoms with Crippen LogP contribution in [0, 0.1) is 5.41 Å². The number of carbonyl (C=O) groups is 1. The molecular formula is C17H19NO2. The molecule has 1 spiro atoms. The number of benzene rings is 1. The van der Waals surface area contributed by atoms with Crippen molar-refractivity contribution < 1.29 is 9.53 Å². The minimum atomic E-state index is -0.199. The van der Waals surface area contributed by atoms with Crippen molar-refractivity contribution in [3.8, 4) is 0 Å². The first-order valence-corrected chi connectivity index (χ1v) is 7.10. The van der Waals surface area contributed by atoms with E-state index in [4.69, 9.17) is 4.74 Å². The Labute approximate surface area is 119 Å². The van der Waals surface area contributed by atoms with Crippen LogP contribution in [0.1, 0.15) is 18.4 Å². The zero-order chi connectivity index (χ0) is 13.8. The molecule has 1 aromatic rings. The molecule has 3 heteroatoms. The second-order valence-corrected chi connectivity index (χ2v) is 5.48. The number of nitrogens with zero attached hydrogens (tertiary/aromatic N) is 1. The highest BCUT2D eigenvalue weighted by molar-refractivity contribution is 5.67. The average molecular weight is 269 g/mol. The van der Waals surface area contributed by atoms with Gasteiger partial charge in [0.15, 0.2) is 0 Å². The van der Waals surface area contributed by atoms with Crippen molar-refractivity contribution in [1.29, 1.82) is 0 Å². The van der Waals surface area contributed by atoms with Gasteiger partial charge in [0.25, 0.3) is 0 Å². The number of carbonyl (C=O) groups excluding carboxylic acids is 1. The summed E-state index contributed by atoms with van der Waals surface area (Å²) in [5, 5.41) is 0. The van der Waals surface area contributed by atoms with Crippen LogP contribution in [0.2, 0.25) is 0 Å². The van der Waals surface area contributed by atoms with Gasteiger partial charge in [0, 0.05) is 18.5 Å². The van der Waals surface area contributed by atoms with Gasteiger partial charge in [0.2, 0.25) is 0 Å². The highest BCUT2D eigenvalue weighted by Crippen LogP contribution is 2.37. The Bertz CT molecular complexity index is 511. The summed E-state index contributed by atoms with van der Waals surface area (Å²) in [7, 11) is 0. The van der Waals surface area contributed by atoms with Gasteiger partial charge in [-0.05, 0) is 18.4 Å². The molecule has 3 rings (SSSR count). The van der Waals surface area contributed by atoms with Crippen molar-refractivity contribution >= 4 is 6.09 Å². The predicted octanol–water partition coefficient (Wildman–Crippen LogP) is 3.53. The monoisotopic (exact) mass is 269 g/mol. The van der Waals surface area contributed by atoms with Crippen molar-refractivity contribution in [2.24, 2.45) is 5.41 Å². The van der Waals surface area contributed by atoms with Crippen LogP contribution in [0.15, 0.2) is 54.6 Å². The smallest absolute Gasteiger partial charge is 0.410 e. The number of hydrogen-bond acceptors (Lipinski definition) is 2. The maximum absolute atomic E-state index is 12.0. The molecule has 1 saturated heterocycles. The molecule has 0 N–H and O–H groups in total. The molecule has 20 heavy (non-hydrogen) atoms. The van der Waals surface area contributed by atoms with E-state index < -0.39 is 0 Å². The van der Waals surface area contributed by atoms with E-state index in [0.717, 1.165) is 31.5 Å². The van der Waals surface area contributed by atoms with Crippen molar-refractivity contribution in [1.82, 2.24) is 4.90 Å².